The summed E-state index contributed by atoms with van der Waals surface area (Å²) in [6.45, 7) is -0.212. The summed E-state index contributed by atoms with van der Waals surface area (Å²) < 4.78 is 0. The summed E-state index contributed by atoms with van der Waals surface area (Å²) in [5, 5.41) is 16.9. The first-order chi connectivity index (χ1) is 7.27. The zero-order valence-corrected chi connectivity index (χ0v) is 8.03. The van der Waals surface area contributed by atoms with Crippen LogP contribution in [0, 0.1) is 23.2 Å². The zero-order chi connectivity index (χ0) is 11.1. The van der Waals surface area contributed by atoms with Crippen LogP contribution >= 0.6 is 0 Å². The third kappa shape index (κ3) is 3.27. The molecular weight excluding hydrogens is 190 g/mol. The molecule has 0 aromatic heterocycles. The van der Waals surface area contributed by atoms with Crippen LogP contribution in [-0.4, -0.2) is 17.5 Å². The Balaban J connectivity index is 2.93. The summed E-state index contributed by atoms with van der Waals surface area (Å²) in [5.74, 6) is 4.97. The third-order valence-corrected chi connectivity index (χ3v) is 1.74. The van der Waals surface area contributed by atoms with Gasteiger partial charge in [-0.15, -0.1) is 0 Å². The van der Waals surface area contributed by atoms with Crippen LogP contribution in [-0.2, 0) is 0 Å². The SMILES string of the molecule is N#CCC(=O)c1cccc(C#CCO)c1. The number of rotatable bonds is 2. The summed E-state index contributed by atoms with van der Waals surface area (Å²) in [4.78, 5) is 11.4. The topological polar surface area (TPSA) is 61.1 Å². The fourth-order valence-electron chi connectivity index (χ4n) is 1.09. The molecule has 15 heavy (non-hydrogen) atoms. The van der Waals surface area contributed by atoms with Gasteiger partial charge in [0.15, 0.2) is 5.78 Å². The molecule has 3 heteroatoms. The number of Topliss-reactive ketones (excluding diaryl/α,β-unsaturated/α-hetero) is 1. The van der Waals surface area contributed by atoms with Crippen molar-refractivity contribution in [2.45, 2.75) is 6.42 Å². The normalized spacial score (nSPS) is 8.53. The molecule has 1 rings (SSSR count). The van der Waals surface area contributed by atoms with Crippen molar-refractivity contribution in [1.82, 2.24) is 0 Å². The first-order valence-corrected chi connectivity index (χ1v) is 4.38. The number of hydrogen-bond donors (Lipinski definition) is 1. The van der Waals surface area contributed by atoms with E-state index in [-0.39, 0.29) is 18.8 Å². The van der Waals surface area contributed by atoms with Gasteiger partial charge in [-0.2, -0.15) is 5.26 Å². The molecule has 0 spiro atoms. The van der Waals surface area contributed by atoms with Gasteiger partial charge in [0.2, 0.25) is 0 Å². The molecule has 0 heterocycles. The van der Waals surface area contributed by atoms with E-state index >= 15 is 0 Å². The minimum absolute atomic E-state index is 0.128. The van der Waals surface area contributed by atoms with Crippen LogP contribution in [0.5, 0.6) is 0 Å². The Labute approximate surface area is 88.0 Å². The molecule has 0 saturated heterocycles. The van der Waals surface area contributed by atoms with E-state index in [0.717, 1.165) is 0 Å². The Kier molecular flexibility index (Phi) is 4.09. The van der Waals surface area contributed by atoms with Gasteiger partial charge < -0.3 is 5.11 Å². The summed E-state index contributed by atoms with van der Waals surface area (Å²) in [5.41, 5.74) is 1.13. The van der Waals surface area contributed by atoms with Crippen LogP contribution in [0.15, 0.2) is 24.3 Å². The highest BCUT2D eigenvalue weighted by Crippen LogP contribution is 2.06. The van der Waals surface area contributed by atoms with Crippen LogP contribution in [0.4, 0.5) is 0 Å². The number of ketones is 1. The Morgan fingerprint density at radius 1 is 1.47 bits per heavy atom. The highest BCUT2D eigenvalue weighted by Gasteiger charge is 2.04. The van der Waals surface area contributed by atoms with E-state index in [2.05, 4.69) is 11.8 Å². The van der Waals surface area contributed by atoms with Crippen molar-refractivity contribution >= 4 is 5.78 Å². The largest absolute Gasteiger partial charge is 0.384 e. The lowest BCUT2D eigenvalue weighted by Crippen LogP contribution is -1.97. The Hall–Kier alpha value is -2.10. The van der Waals surface area contributed by atoms with Gasteiger partial charge in [-0.25, -0.2) is 0 Å². The molecule has 1 N–H and O–H groups in total. The lowest BCUT2D eigenvalue weighted by molar-refractivity contribution is 0.0997. The van der Waals surface area contributed by atoms with Crippen LogP contribution in [0.2, 0.25) is 0 Å². The molecule has 3 nitrogen and oxygen atoms in total. The van der Waals surface area contributed by atoms with Gasteiger partial charge >= 0.3 is 0 Å². The molecule has 0 radical (unpaired) electrons. The second-order valence-electron chi connectivity index (χ2n) is 2.80. The number of aliphatic hydroxyl groups excluding tert-OH is 1. The van der Waals surface area contributed by atoms with Gasteiger partial charge in [0.25, 0.3) is 0 Å². The van der Waals surface area contributed by atoms with E-state index in [1.54, 1.807) is 30.3 Å². The van der Waals surface area contributed by atoms with Crippen LogP contribution in [0.3, 0.4) is 0 Å². The van der Waals surface area contributed by atoms with Gasteiger partial charge in [-0.05, 0) is 12.1 Å². The van der Waals surface area contributed by atoms with Crippen LogP contribution in [0.25, 0.3) is 0 Å². The maximum absolute atomic E-state index is 11.4. The van der Waals surface area contributed by atoms with E-state index < -0.39 is 0 Å². The van der Waals surface area contributed by atoms with E-state index in [9.17, 15) is 4.79 Å². The average molecular weight is 199 g/mol. The molecule has 0 aliphatic rings. The molecule has 0 fully saturated rings. The second-order valence-corrected chi connectivity index (χ2v) is 2.80. The van der Waals surface area contributed by atoms with Gasteiger partial charge in [0.1, 0.15) is 6.61 Å². The van der Waals surface area contributed by atoms with E-state index in [4.69, 9.17) is 10.4 Å². The molecule has 0 amide bonds. The van der Waals surface area contributed by atoms with Crippen molar-refractivity contribution in [2.24, 2.45) is 0 Å². The van der Waals surface area contributed by atoms with E-state index in [1.807, 2.05) is 0 Å². The van der Waals surface area contributed by atoms with Gasteiger partial charge in [-0.3, -0.25) is 4.79 Å². The van der Waals surface area contributed by atoms with Crippen molar-refractivity contribution in [3.8, 4) is 17.9 Å². The number of nitriles is 1. The highest BCUT2D eigenvalue weighted by molar-refractivity contribution is 5.97. The third-order valence-electron chi connectivity index (χ3n) is 1.74. The van der Waals surface area contributed by atoms with Gasteiger partial charge in [0, 0.05) is 11.1 Å². The van der Waals surface area contributed by atoms with Crippen LogP contribution < -0.4 is 0 Å². The molecule has 0 unspecified atom stereocenters. The minimum Gasteiger partial charge on any atom is -0.384 e. The monoisotopic (exact) mass is 199 g/mol. The molecule has 1 aromatic rings. The van der Waals surface area contributed by atoms with Crippen molar-refractivity contribution < 1.29 is 9.90 Å². The Morgan fingerprint density at radius 3 is 2.93 bits per heavy atom. The van der Waals surface area contributed by atoms with Crippen molar-refractivity contribution in [2.75, 3.05) is 6.61 Å². The number of benzene rings is 1. The van der Waals surface area contributed by atoms with Gasteiger partial charge in [-0.1, -0.05) is 24.0 Å². The predicted octanol–water partition coefficient (Wildman–Crippen LogP) is 1.13. The van der Waals surface area contributed by atoms with Gasteiger partial charge in [0.05, 0.1) is 12.5 Å². The summed E-state index contributed by atoms with van der Waals surface area (Å²) in [6, 6.07) is 8.50. The fourth-order valence-corrected chi connectivity index (χ4v) is 1.09. The number of nitrogens with zero attached hydrogens (tertiary/aromatic N) is 1. The first-order valence-electron chi connectivity index (χ1n) is 4.38. The molecular formula is C12H9NO2. The highest BCUT2D eigenvalue weighted by atomic mass is 16.2. The smallest absolute Gasteiger partial charge is 0.176 e. The lowest BCUT2D eigenvalue weighted by atomic mass is 10.1. The van der Waals surface area contributed by atoms with E-state index in [1.165, 1.54) is 0 Å². The Bertz CT molecular complexity index is 460. The van der Waals surface area contributed by atoms with Crippen LogP contribution in [0.1, 0.15) is 22.3 Å². The molecule has 0 bridgehead atoms. The average Bonchev–Trinajstić information content (AvgIpc) is 2.27. The molecule has 0 aliphatic carbocycles. The number of carbonyl (C=O) groups is 1. The van der Waals surface area contributed by atoms with Crippen molar-refractivity contribution in [3.63, 3.8) is 0 Å². The zero-order valence-electron chi connectivity index (χ0n) is 8.03. The molecule has 1 aromatic carbocycles. The molecule has 0 aliphatic heterocycles. The summed E-state index contributed by atoms with van der Waals surface area (Å²) >= 11 is 0. The Morgan fingerprint density at radius 2 is 2.27 bits per heavy atom. The summed E-state index contributed by atoms with van der Waals surface area (Å²) in [6.07, 6.45) is -0.128. The first kappa shape index (κ1) is 11.0. The van der Waals surface area contributed by atoms with E-state index in [0.29, 0.717) is 11.1 Å². The predicted molar refractivity (Wildman–Crippen MR) is 55.0 cm³/mol. The second kappa shape index (κ2) is 5.59. The fraction of sp³-hybridized carbons (Fsp3) is 0.167. The molecule has 74 valence electrons. The number of carbonyl (C=O) groups excluding carboxylic acids is 1. The van der Waals surface area contributed by atoms with Crippen molar-refractivity contribution in [1.29, 1.82) is 5.26 Å². The number of aliphatic hydroxyl groups is 1. The summed E-state index contributed by atoms with van der Waals surface area (Å²) in [7, 11) is 0. The number of hydrogen-bond acceptors (Lipinski definition) is 3. The standard InChI is InChI=1S/C12H9NO2/c13-7-6-12(15)11-5-1-3-10(9-11)4-2-8-14/h1,3,5,9,14H,6,8H2. The lowest BCUT2D eigenvalue weighted by Gasteiger charge is -1.96. The maximum Gasteiger partial charge on any atom is 0.176 e. The maximum atomic E-state index is 11.4. The quantitative estimate of drug-likeness (QED) is 0.573. The molecule has 0 atom stereocenters. The minimum atomic E-state index is -0.217. The van der Waals surface area contributed by atoms with Crippen molar-refractivity contribution in [3.05, 3.63) is 35.4 Å². The molecule has 0 saturated carbocycles.